The zero-order valence-corrected chi connectivity index (χ0v) is 18.2. The minimum Gasteiger partial charge on any atom is -0.497 e. The molecule has 1 saturated heterocycles. The van der Waals surface area contributed by atoms with E-state index in [-0.39, 0.29) is 48.5 Å². The van der Waals surface area contributed by atoms with Crippen molar-refractivity contribution < 1.29 is 22.3 Å². The second kappa shape index (κ2) is 9.05. The van der Waals surface area contributed by atoms with Gasteiger partial charge in [-0.15, -0.1) is 5.10 Å². The summed E-state index contributed by atoms with van der Waals surface area (Å²) in [6.07, 6.45) is 1.53. The first-order valence-corrected chi connectivity index (χ1v) is 11.4. The summed E-state index contributed by atoms with van der Waals surface area (Å²) in [5.74, 6) is -0.0555. The normalized spacial score (nSPS) is 15.0. The van der Waals surface area contributed by atoms with Crippen LogP contribution < -0.4 is 4.74 Å². The van der Waals surface area contributed by atoms with E-state index in [0.29, 0.717) is 12.3 Å². The quantitative estimate of drug-likeness (QED) is 0.556. The van der Waals surface area contributed by atoms with Gasteiger partial charge in [0.1, 0.15) is 11.6 Å². The molecule has 3 aromatic rings. The van der Waals surface area contributed by atoms with Crippen molar-refractivity contribution in [3.05, 3.63) is 71.8 Å². The molecule has 0 bridgehead atoms. The molecule has 32 heavy (non-hydrogen) atoms. The van der Waals surface area contributed by atoms with Crippen molar-refractivity contribution in [2.45, 2.75) is 11.4 Å². The molecule has 0 radical (unpaired) electrons. The number of methoxy groups -OCH3 is 1. The molecule has 9 nitrogen and oxygen atoms in total. The number of aromatic nitrogens is 3. The highest BCUT2D eigenvalue weighted by Crippen LogP contribution is 2.21. The minimum atomic E-state index is -3.65. The molecule has 2 heterocycles. The third kappa shape index (κ3) is 4.63. The fourth-order valence-electron chi connectivity index (χ4n) is 3.44. The lowest BCUT2D eigenvalue weighted by Crippen LogP contribution is -2.50. The van der Waals surface area contributed by atoms with Crippen LogP contribution in [0, 0.1) is 5.82 Å². The zero-order chi connectivity index (χ0) is 22.7. The molecule has 1 aliphatic rings. The summed E-state index contributed by atoms with van der Waals surface area (Å²) in [5.41, 5.74) is 1.01. The summed E-state index contributed by atoms with van der Waals surface area (Å²) in [5, 5.41) is 7.91. The monoisotopic (exact) mass is 459 g/mol. The number of halogens is 1. The fourth-order valence-corrected chi connectivity index (χ4v) is 4.86. The summed E-state index contributed by atoms with van der Waals surface area (Å²) in [6, 6.07) is 12.2. The Balaban J connectivity index is 1.37. The first-order chi connectivity index (χ1) is 15.4. The lowest BCUT2D eigenvalue weighted by atomic mass is 10.2. The fraction of sp³-hybridized carbons (Fsp3) is 0.286. The molecule has 1 aromatic heterocycles. The Bertz CT molecular complexity index is 1190. The number of sulfonamides is 1. The molecule has 0 aliphatic carbocycles. The smallest absolute Gasteiger partial charge is 0.276 e. The third-order valence-corrected chi connectivity index (χ3v) is 7.15. The Morgan fingerprint density at radius 2 is 1.69 bits per heavy atom. The Morgan fingerprint density at radius 3 is 2.31 bits per heavy atom. The molecule has 0 unspecified atom stereocenters. The highest BCUT2D eigenvalue weighted by Gasteiger charge is 2.31. The molecule has 0 saturated carbocycles. The molecule has 1 amide bonds. The van der Waals surface area contributed by atoms with Crippen LogP contribution in [0.4, 0.5) is 4.39 Å². The predicted octanol–water partition coefficient (Wildman–Crippen LogP) is 1.62. The molecule has 0 atom stereocenters. The van der Waals surface area contributed by atoms with E-state index in [0.717, 1.165) is 5.56 Å². The van der Waals surface area contributed by atoms with Gasteiger partial charge in [-0.25, -0.2) is 17.5 Å². The molecule has 1 fully saturated rings. The molecule has 0 N–H and O–H groups in total. The van der Waals surface area contributed by atoms with E-state index in [2.05, 4.69) is 10.3 Å². The van der Waals surface area contributed by atoms with E-state index in [9.17, 15) is 17.6 Å². The number of benzene rings is 2. The van der Waals surface area contributed by atoms with E-state index in [1.54, 1.807) is 29.2 Å². The van der Waals surface area contributed by atoms with Crippen LogP contribution in [0.1, 0.15) is 16.1 Å². The summed E-state index contributed by atoms with van der Waals surface area (Å²) in [4.78, 5) is 14.5. The second-order valence-corrected chi connectivity index (χ2v) is 9.24. The van der Waals surface area contributed by atoms with Gasteiger partial charge < -0.3 is 9.64 Å². The number of rotatable bonds is 6. The molecule has 4 rings (SSSR count). The van der Waals surface area contributed by atoms with E-state index in [1.807, 2.05) is 0 Å². The van der Waals surface area contributed by atoms with Crippen molar-refractivity contribution in [1.82, 2.24) is 24.2 Å². The molecule has 1 aliphatic heterocycles. The number of ether oxygens (including phenoxy) is 1. The number of piperazine rings is 1. The van der Waals surface area contributed by atoms with E-state index >= 15 is 0 Å². The average molecular weight is 460 g/mol. The van der Waals surface area contributed by atoms with E-state index < -0.39 is 10.0 Å². The van der Waals surface area contributed by atoms with Gasteiger partial charge in [-0.2, -0.15) is 4.31 Å². The van der Waals surface area contributed by atoms with Crippen LogP contribution in [-0.2, 0) is 16.6 Å². The van der Waals surface area contributed by atoms with Crippen molar-refractivity contribution in [2.75, 3.05) is 33.3 Å². The van der Waals surface area contributed by atoms with Gasteiger partial charge in [0, 0.05) is 26.2 Å². The summed E-state index contributed by atoms with van der Waals surface area (Å²) in [6.45, 7) is 1.22. The van der Waals surface area contributed by atoms with Gasteiger partial charge in [0.05, 0.1) is 24.7 Å². The number of nitrogens with zero attached hydrogens (tertiary/aromatic N) is 5. The van der Waals surface area contributed by atoms with Crippen LogP contribution in [0.25, 0.3) is 0 Å². The van der Waals surface area contributed by atoms with Crippen molar-refractivity contribution >= 4 is 15.9 Å². The van der Waals surface area contributed by atoms with Crippen LogP contribution in [0.5, 0.6) is 5.75 Å². The van der Waals surface area contributed by atoms with Crippen LogP contribution in [0.3, 0.4) is 0 Å². The maximum Gasteiger partial charge on any atom is 0.276 e. The number of amides is 1. The largest absolute Gasteiger partial charge is 0.497 e. The van der Waals surface area contributed by atoms with Gasteiger partial charge in [0.15, 0.2) is 5.69 Å². The summed E-state index contributed by atoms with van der Waals surface area (Å²) in [7, 11) is -2.14. The van der Waals surface area contributed by atoms with Crippen molar-refractivity contribution in [2.24, 2.45) is 0 Å². The number of carbonyl (C=O) groups excluding carboxylic acids is 1. The number of hydrogen-bond donors (Lipinski definition) is 0. The first kappa shape index (κ1) is 21.9. The highest BCUT2D eigenvalue weighted by molar-refractivity contribution is 7.89. The van der Waals surface area contributed by atoms with Crippen LogP contribution in [-0.4, -0.2) is 71.8 Å². The van der Waals surface area contributed by atoms with E-state index in [1.165, 1.54) is 46.6 Å². The Labute approximate surface area is 185 Å². The molecule has 168 valence electrons. The number of carbonyl (C=O) groups is 1. The zero-order valence-electron chi connectivity index (χ0n) is 17.4. The Kier molecular flexibility index (Phi) is 6.19. The topological polar surface area (TPSA) is 97.6 Å². The predicted molar refractivity (Wildman–Crippen MR) is 113 cm³/mol. The molecule has 0 spiro atoms. The average Bonchev–Trinajstić information content (AvgIpc) is 3.28. The molecule has 11 heteroatoms. The minimum absolute atomic E-state index is 0.179. The van der Waals surface area contributed by atoms with Crippen LogP contribution in [0.2, 0.25) is 0 Å². The number of hydrogen-bond acceptors (Lipinski definition) is 6. The second-order valence-electron chi connectivity index (χ2n) is 7.30. The van der Waals surface area contributed by atoms with Gasteiger partial charge in [-0.1, -0.05) is 17.3 Å². The lowest BCUT2D eigenvalue weighted by Gasteiger charge is -2.33. The van der Waals surface area contributed by atoms with Gasteiger partial charge in [0.2, 0.25) is 10.0 Å². The van der Waals surface area contributed by atoms with Crippen molar-refractivity contribution in [3.8, 4) is 5.75 Å². The maximum absolute atomic E-state index is 13.0. The molecular weight excluding hydrogens is 437 g/mol. The maximum atomic E-state index is 13.0. The Hall–Kier alpha value is -3.31. The third-order valence-electron chi connectivity index (χ3n) is 5.24. The summed E-state index contributed by atoms with van der Waals surface area (Å²) < 4.78 is 46.7. The molecule has 2 aromatic carbocycles. The van der Waals surface area contributed by atoms with E-state index in [4.69, 9.17) is 4.74 Å². The SMILES string of the molecule is COc1ccc(S(=O)(=O)N2CCN(C(=O)c3cn(Cc4ccc(F)cc4)nn3)CC2)cc1. The summed E-state index contributed by atoms with van der Waals surface area (Å²) >= 11 is 0. The molecular formula is C21H22FN5O4S. The van der Waals surface area contributed by atoms with Crippen LogP contribution in [0.15, 0.2) is 59.6 Å². The van der Waals surface area contributed by atoms with Gasteiger partial charge in [-0.3, -0.25) is 4.79 Å². The van der Waals surface area contributed by atoms with Crippen molar-refractivity contribution in [3.63, 3.8) is 0 Å². The van der Waals surface area contributed by atoms with Gasteiger partial charge in [-0.05, 0) is 42.0 Å². The first-order valence-electron chi connectivity index (χ1n) is 9.95. The lowest BCUT2D eigenvalue weighted by molar-refractivity contribution is 0.0692. The van der Waals surface area contributed by atoms with Gasteiger partial charge >= 0.3 is 0 Å². The highest BCUT2D eigenvalue weighted by atomic mass is 32.2. The Morgan fingerprint density at radius 1 is 1.03 bits per heavy atom. The van der Waals surface area contributed by atoms with Crippen molar-refractivity contribution in [1.29, 1.82) is 0 Å². The van der Waals surface area contributed by atoms with Crippen LogP contribution >= 0.6 is 0 Å². The van der Waals surface area contributed by atoms with Gasteiger partial charge in [0.25, 0.3) is 5.91 Å². The standard InChI is InChI=1S/C21H22FN5O4S/c1-31-18-6-8-19(9-7-18)32(29,30)27-12-10-25(11-13-27)21(28)20-15-26(24-23-20)14-16-2-4-17(22)5-3-16/h2-9,15H,10-14H2,1H3.